The van der Waals surface area contributed by atoms with Gasteiger partial charge < -0.3 is 14.1 Å². The van der Waals surface area contributed by atoms with E-state index < -0.39 is 26.8 Å². The molecule has 0 saturated carbocycles. The van der Waals surface area contributed by atoms with Crippen LogP contribution in [0, 0.1) is 17.0 Å². The smallest absolute Gasteiger partial charge is 0.374 e. The second-order valence-electron chi connectivity index (χ2n) is 6.79. The number of ether oxygens (including phenoxy) is 1. The molecule has 1 aliphatic rings. The molecule has 166 valence electrons. The number of aryl methyl sites for hydroxylation is 1. The Morgan fingerprint density at radius 3 is 2.45 bits per heavy atom. The molecule has 1 saturated heterocycles. The number of esters is 1. The molecule has 1 aromatic carbocycles. The van der Waals surface area contributed by atoms with E-state index in [1.807, 2.05) is 0 Å². The number of rotatable bonds is 6. The summed E-state index contributed by atoms with van der Waals surface area (Å²) in [4.78, 5) is 36.4. The summed E-state index contributed by atoms with van der Waals surface area (Å²) < 4.78 is 36.7. The van der Waals surface area contributed by atoms with Crippen LogP contribution >= 0.6 is 0 Å². The molecule has 0 radical (unpaired) electrons. The zero-order chi connectivity index (χ0) is 22.8. The fraction of sp³-hybridized carbons (Fsp3) is 0.368. The van der Waals surface area contributed by atoms with E-state index in [2.05, 4.69) is 0 Å². The zero-order valence-corrected chi connectivity index (χ0v) is 17.8. The molecule has 0 atom stereocenters. The predicted molar refractivity (Wildman–Crippen MR) is 107 cm³/mol. The van der Waals surface area contributed by atoms with Crippen molar-refractivity contribution in [1.29, 1.82) is 0 Å². The van der Waals surface area contributed by atoms with Gasteiger partial charge in [0.2, 0.25) is 10.9 Å². The van der Waals surface area contributed by atoms with Crippen molar-refractivity contribution in [2.75, 3.05) is 32.8 Å². The number of amides is 1. The number of nitro groups is 1. The average molecular weight is 451 g/mol. The summed E-state index contributed by atoms with van der Waals surface area (Å²) in [5.41, 5.74) is 0.458. The van der Waals surface area contributed by atoms with Crippen LogP contribution in [-0.4, -0.2) is 67.2 Å². The van der Waals surface area contributed by atoms with Crippen LogP contribution in [-0.2, 0) is 14.8 Å². The Labute approximate surface area is 178 Å². The van der Waals surface area contributed by atoms with Crippen molar-refractivity contribution < 1.29 is 32.1 Å². The SMILES string of the molecule is CCOC(=O)c1ccc(S(=O)(=O)N2CCN(C(=O)c3ccc(C)c([N+](=O)[O-])c3)CC2)o1. The molecular formula is C19H21N3O8S. The molecule has 12 heteroatoms. The number of carbonyl (C=O) groups excluding carboxylic acids is 2. The number of hydrogen-bond donors (Lipinski definition) is 0. The second kappa shape index (κ2) is 8.86. The normalized spacial score (nSPS) is 15.0. The molecule has 1 aliphatic heterocycles. The van der Waals surface area contributed by atoms with Crippen LogP contribution in [0.4, 0.5) is 5.69 Å². The van der Waals surface area contributed by atoms with Crippen molar-refractivity contribution in [3.05, 3.63) is 57.3 Å². The number of benzene rings is 1. The molecule has 1 fully saturated rings. The summed E-state index contributed by atoms with van der Waals surface area (Å²) in [7, 11) is -4.00. The molecule has 0 spiro atoms. The first-order valence-electron chi connectivity index (χ1n) is 9.46. The van der Waals surface area contributed by atoms with Crippen LogP contribution in [0.3, 0.4) is 0 Å². The molecular weight excluding hydrogens is 430 g/mol. The quantitative estimate of drug-likeness (QED) is 0.368. The van der Waals surface area contributed by atoms with Crippen molar-refractivity contribution >= 4 is 27.6 Å². The summed E-state index contributed by atoms with van der Waals surface area (Å²) in [5.74, 6) is -1.38. The highest BCUT2D eigenvalue weighted by atomic mass is 32.2. The van der Waals surface area contributed by atoms with Crippen LogP contribution in [0.2, 0.25) is 0 Å². The van der Waals surface area contributed by atoms with Crippen LogP contribution in [0.25, 0.3) is 0 Å². The van der Waals surface area contributed by atoms with E-state index in [0.29, 0.717) is 5.56 Å². The number of nitro benzene ring substituents is 1. The maximum atomic E-state index is 12.8. The molecule has 31 heavy (non-hydrogen) atoms. The van der Waals surface area contributed by atoms with Crippen molar-refractivity contribution in [3.8, 4) is 0 Å². The van der Waals surface area contributed by atoms with Gasteiger partial charge in [0.15, 0.2) is 0 Å². The molecule has 11 nitrogen and oxygen atoms in total. The highest BCUT2D eigenvalue weighted by molar-refractivity contribution is 7.89. The highest BCUT2D eigenvalue weighted by Gasteiger charge is 2.33. The number of nitrogens with zero attached hydrogens (tertiary/aromatic N) is 3. The Kier molecular flexibility index (Phi) is 6.41. The molecule has 3 rings (SSSR count). The zero-order valence-electron chi connectivity index (χ0n) is 16.9. The minimum atomic E-state index is -4.00. The lowest BCUT2D eigenvalue weighted by Crippen LogP contribution is -2.50. The third kappa shape index (κ3) is 4.59. The summed E-state index contributed by atoms with van der Waals surface area (Å²) in [5, 5.41) is 10.7. The molecule has 0 unspecified atom stereocenters. The van der Waals surface area contributed by atoms with Crippen LogP contribution in [0.5, 0.6) is 0 Å². The topological polar surface area (TPSA) is 140 Å². The van der Waals surface area contributed by atoms with Gasteiger partial charge in [-0.25, -0.2) is 13.2 Å². The van der Waals surface area contributed by atoms with E-state index in [9.17, 15) is 28.1 Å². The van der Waals surface area contributed by atoms with Gasteiger partial charge in [0.05, 0.1) is 11.5 Å². The van der Waals surface area contributed by atoms with Gasteiger partial charge in [-0.2, -0.15) is 4.31 Å². The van der Waals surface area contributed by atoms with Crippen LogP contribution in [0.1, 0.15) is 33.4 Å². The van der Waals surface area contributed by atoms with Crippen molar-refractivity contribution in [2.24, 2.45) is 0 Å². The van der Waals surface area contributed by atoms with Crippen LogP contribution < -0.4 is 0 Å². The second-order valence-corrected chi connectivity index (χ2v) is 8.66. The minimum Gasteiger partial charge on any atom is -0.460 e. The van der Waals surface area contributed by atoms with Crippen molar-refractivity contribution in [1.82, 2.24) is 9.21 Å². The molecule has 0 aliphatic carbocycles. The van der Waals surface area contributed by atoms with Gasteiger partial charge in [-0.3, -0.25) is 14.9 Å². The summed E-state index contributed by atoms with van der Waals surface area (Å²) in [6.07, 6.45) is 0. The molecule has 0 N–H and O–H groups in total. The van der Waals surface area contributed by atoms with Gasteiger partial charge in [0, 0.05) is 43.4 Å². The average Bonchev–Trinajstić information content (AvgIpc) is 3.25. The fourth-order valence-electron chi connectivity index (χ4n) is 3.15. The third-order valence-electron chi connectivity index (χ3n) is 4.83. The Bertz CT molecular complexity index is 1120. The lowest BCUT2D eigenvalue weighted by Gasteiger charge is -2.33. The summed E-state index contributed by atoms with van der Waals surface area (Å²) in [6.45, 7) is 3.55. The fourth-order valence-corrected chi connectivity index (χ4v) is 4.48. The first-order valence-corrected chi connectivity index (χ1v) is 10.9. The largest absolute Gasteiger partial charge is 0.460 e. The van der Waals surface area contributed by atoms with E-state index in [4.69, 9.17) is 9.15 Å². The number of sulfonamides is 1. The van der Waals surface area contributed by atoms with E-state index in [0.717, 1.165) is 4.31 Å². The molecule has 2 heterocycles. The van der Waals surface area contributed by atoms with Crippen molar-refractivity contribution in [2.45, 2.75) is 18.9 Å². The summed E-state index contributed by atoms with van der Waals surface area (Å²) >= 11 is 0. The number of carbonyl (C=O) groups is 2. The molecule has 2 aromatic rings. The van der Waals surface area contributed by atoms with E-state index >= 15 is 0 Å². The molecule has 1 amide bonds. The minimum absolute atomic E-state index is 0.0114. The molecule has 0 bridgehead atoms. The van der Waals surface area contributed by atoms with Crippen molar-refractivity contribution in [3.63, 3.8) is 0 Å². The Morgan fingerprint density at radius 2 is 1.84 bits per heavy atom. The van der Waals surface area contributed by atoms with Gasteiger partial charge in [0.25, 0.3) is 21.6 Å². The predicted octanol–water partition coefficient (Wildman–Crippen LogP) is 1.82. The summed E-state index contributed by atoms with van der Waals surface area (Å²) in [6, 6.07) is 6.65. The maximum absolute atomic E-state index is 12.8. The van der Waals surface area contributed by atoms with Gasteiger partial charge in [0.1, 0.15) is 0 Å². The highest BCUT2D eigenvalue weighted by Crippen LogP contribution is 2.23. The number of hydrogen-bond acceptors (Lipinski definition) is 8. The van der Waals surface area contributed by atoms with E-state index in [-0.39, 0.29) is 54.9 Å². The van der Waals surface area contributed by atoms with Gasteiger partial charge in [-0.1, -0.05) is 6.07 Å². The number of furan rings is 1. The molecule has 1 aromatic heterocycles. The lowest BCUT2D eigenvalue weighted by molar-refractivity contribution is -0.385. The Balaban J connectivity index is 1.69. The monoisotopic (exact) mass is 451 g/mol. The van der Waals surface area contributed by atoms with Gasteiger partial charge in [-0.15, -0.1) is 0 Å². The Hall–Kier alpha value is -3.25. The Morgan fingerprint density at radius 1 is 1.16 bits per heavy atom. The maximum Gasteiger partial charge on any atom is 0.374 e. The first kappa shape index (κ1) is 22.4. The lowest BCUT2D eigenvalue weighted by atomic mass is 10.1. The number of piperazine rings is 1. The van der Waals surface area contributed by atoms with Gasteiger partial charge >= 0.3 is 5.97 Å². The standard InChI is InChI=1S/C19H21N3O8S/c1-3-29-19(24)16-6-7-17(30-16)31(27,28)21-10-8-20(9-11-21)18(23)14-5-4-13(2)15(12-14)22(25)26/h4-7,12H,3,8-11H2,1-2H3. The van der Waals surface area contributed by atoms with E-state index in [1.54, 1.807) is 13.8 Å². The van der Waals surface area contributed by atoms with Gasteiger partial charge in [-0.05, 0) is 32.0 Å². The first-order chi connectivity index (χ1) is 14.6. The third-order valence-corrected chi connectivity index (χ3v) is 6.60. The van der Waals surface area contributed by atoms with Crippen LogP contribution in [0.15, 0.2) is 39.8 Å². The van der Waals surface area contributed by atoms with E-state index in [1.165, 1.54) is 35.2 Å².